The second-order valence-corrected chi connectivity index (χ2v) is 15.2. The minimum absolute atomic E-state index is 0.0462. The average Bonchev–Trinajstić information content (AvgIpc) is 3.22. The number of allylic oxidation sites excluding steroid dienone is 16. The maximum absolute atomic E-state index is 12.7. The summed E-state index contributed by atoms with van der Waals surface area (Å²) in [6, 6.07) is 0. The zero-order chi connectivity index (χ0) is 42.1. The summed E-state index contributed by atoms with van der Waals surface area (Å²) in [6.45, 7) is 7.41. The normalized spacial score (nSPS) is 13.1. The van der Waals surface area contributed by atoms with Gasteiger partial charge in [0.2, 0.25) is 0 Å². The van der Waals surface area contributed by atoms with Crippen LogP contribution >= 0.6 is 0 Å². The fourth-order valence-corrected chi connectivity index (χ4v) is 6.11. The molecule has 0 bridgehead atoms. The second-order valence-electron chi connectivity index (χ2n) is 15.2. The van der Waals surface area contributed by atoms with E-state index >= 15 is 0 Å². The Morgan fingerprint density at radius 1 is 0.397 bits per heavy atom. The molecule has 0 aliphatic rings. The van der Waals surface area contributed by atoms with E-state index in [0.717, 1.165) is 109 Å². The van der Waals surface area contributed by atoms with Gasteiger partial charge in [0, 0.05) is 19.4 Å². The quantitative estimate of drug-likeness (QED) is 0.0349. The first kappa shape index (κ1) is 54.8. The van der Waals surface area contributed by atoms with E-state index in [1.54, 1.807) is 0 Å². The zero-order valence-corrected chi connectivity index (χ0v) is 37.8. The highest BCUT2D eigenvalue weighted by Gasteiger charge is 2.17. The first-order valence-corrected chi connectivity index (χ1v) is 23.8. The van der Waals surface area contributed by atoms with Crippen molar-refractivity contribution < 1.29 is 23.8 Å². The summed E-state index contributed by atoms with van der Waals surface area (Å²) in [6.07, 6.45) is 64.2. The third kappa shape index (κ3) is 45.5. The van der Waals surface area contributed by atoms with Crippen molar-refractivity contribution in [3.05, 3.63) is 97.2 Å². The fourth-order valence-electron chi connectivity index (χ4n) is 6.11. The lowest BCUT2D eigenvalue weighted by Crippen LogP contribution is -2.30. The third-order valence-electron chi connectivity index (χ3n) is 9.58. The molecule has 0 spiro atoms. The Morgan fingerprint density at radius 3 is 1.26 bits per heavy atom. The molecular weight excluding hydrogens is 717 g/mol. The highest BCUT2D eigenvalue weighted by Crippen LogP contribution is 2.12. The molecular formula is C53H88O5. The highest BCUT2D eigenvalue weighted by atomic mass is 16.6. The van der Waals surface area contributed by atoms with E-state index in [9.17, 15) is 9.59 Å². The third-order valence-corrected chi connectivity index (χ3v) is 9.58. The topological polar surface area (TPSA) is 61.8 Å². The van der Waals surface area contributed by atoms with Crippen molar-refractivity contribution in [3.8, 4) is 0 Å². The Kier molecular flexibility index (Phi) is 45.5. The van der Waals surface area contributed by atoms with Crippen LogP contribution in [0.1, 0.15) is 201 Å². The van der Waals surface area contributed by atoms with E-state index < -0.39 is 6.10 Å². The summed E-state index contributed by atoms with van der Waals surface area (Å²) in [7, 11) is 0. The molecule has 0 saturated heterocycles. The van der Waals surface area contributed by atoms with Gasteiger partial charge in [-0.05, 0) is 109 Å². The maximum atomic E-state index is 12.7. The van der Waals surface area contributed by atoms with Crippen LogP contribution in [0.3, 0.4) is 0 Å². The molecule has 0 rings (SSSR count). The Morgan fingerprint density at radius 2 is 0.776 bits per heavy atom. The van der Waals surface area contributed by atoms with E-state index in [2.05, 4.69) is 118 Å². The summed E-state index contributed by atoms with van der Waals surface area (Å²) in [5.74, 6) is -0.463. The molecule has 5 nitrogen and oxygen atoms in total. The van der Waals surface area contributed by atoms with E-state index in [0.29, 0.717) is 19.4 Å². The minimum atomic E-state index is -0.580. The van der Waals surface area contributed by atoms with Crippen molar-refractivity contribution in [2.75, 3.05) is 19.8 Å². The first-order valence-electron chi connectivity index (χ1n) is 23.8. The molecule has 0 aromatic rings. The molecule has 0 radical (unpaired) electrons. The molecule has 1 atom stereocenters. The molecule has 0 heterocycles. The van der Waals surface area contributed by atoms with Crippen LogP contribution in [-0.2, 0) is 23.8 Å². The molecule has 330 valence electrons. The van der Waals surface area contributed by atoms with Crippen molar-refractivity contribution in [3.63, 3.8) is 0 Å². The van der Waals surface area contributed by atoms with Gasteiger partial charge in [0.05, 0.1) is 6.61 Å². The number of esters is 2. The van der Waals surface area contributed by atoms with Crippen LogP contribution in [0.4, 0.5) is 0 Å². The monoisotopic (exact) mass is 805 g/mol. The van der Waals surface area contributed by atoms with Gasteiger partial charge in [-0.1, -0.05) is 176 Å². The molecule has 0 fully saturated rings. The van der Waals surface area contributed by atoms with Crippen molar-refractivity contribution in [1.82, 2.24) is 0 Å². The van der Waals surface area contributed by atoms with Crippen molar-refractivity contribution >= 4 is 11.9 Å². The van der Waals surface area contributed by atoms with Gasteiger partial charge in [-0.25, -0.2) is 0 Å². The van der Waals surface area contributed by atoms with Crippen LogP contribution < -0.4 is 0 Å². The van der Waals surface area contributed by atoms with Crippen LogP contribution in [0.25, 0.3) is 0 Å². The van der Waals surface area contributed by atoms with Gasteiger partial charge in [-0.15, -0.1) is 0 Å². The van der Waals surface area contributed by atoms with Crippen molar-refractivity contribution in [2.24, 2.45) is 0 Å². The van der Waals surface area contributed by atoms with E-state index in [1.807, 2.05) is 0 Å². The van der Waals surface area contributed by atoms with Crippen molar-refractivity contribution in [2.45, 2.75) is 207 Å². The van der Waals surface area contributed by atoms with Gasteiger partial charge in [0.15, 0.2) is 6.10 Å². The number of hydrogen-bond acceptors (Lipinski definition) is 5. The molecule has 0 aromatic heterocycles. The molecule has 1 unspecified atom stereocenters. The summed E-state index contributed by atoms with van der Waals surface area (Å²) in [4.78, 5) is 25.3. The molecule has 5 heteroatoms. The van der Waals surface area contributed by atoms with Gasteiger partial charge >= 0.3 is 11.9 Å². The van der Waals surface area contributed by atoms with Crippen LogP contribution in [0.5, 0.6) is 0 Å². The van der Waals surface area contributed by atoms with Gasteiger partial charge < -0.3 is 14.2 Å². The van der Waals surface area contributed by atoms with Crippen LogP contribution in [-0.4, -0.2) is 37.9 Å². The number of unbranched alkanes of at least 4 members (excludes halogenated alkanes) is 15. The number of carbonyl (C=O) groups is 2. The van der Waals surface area contributed by atoms with Gasteiger partial charge in [0.1, 0.15) is 6.61 Å². The SMILES string of the molecule is CC/C=C\C/C=C\C/C=C\C/C=C\CCCOCC(COC(=O)CCCCCCC/C=C\C/C=C\C/C=C\CC)OC(=O)CCCCCCC/C=C\CCCCCC. The smallest absolute Gasteiger partial charge is 0.306 e. The maximum Gasteiger partial charge on any atom is 0.306 e. The standard InChI is InChI=1S/C53H88O5/c1-4-7-10-13-16-19-22-25-27-29-31-34-37-40-43-46-52(54)57-50-51(49-56-48-45-42-39-36-33-30-26-23-20-17-14-11-8-5-2)58-53(55)47-44-41-38-35-32-28-24-21-18-15-12-9-6-3/h7-8,10-11,16-17,19-21,24-27,30,36,39,51H,4-6,9,12-15,18,22-23,28-29,31-35,37-38,40-50H2,1-3H3/b10-7-,11-8-,19-16-,20-17-,24-21-,27-25-,30-26-,39-36-. The Bertz CT molecular complexity index is 1140. The average molecular weight is 805 g/mol. The Hall–Kier alpha value is -3.18. The molecule has 0 aromatic carbocycles. The molecule has 0 N–H and O–H groups in total. The predicted molar refractivity (Wildman–Crippen MR) is 251 cm³/mol. The van der Waals surface area contributed by atoms with Crippen LogP contribution in [0, 0.1) is 0 Å². The molecule has 58 heavy (non-hydrogen) atoms. The number of hydrogen-bond donors (Lipinski definition) is 0. The van der Waals surface area contributed by atoms with E-state index in [-0.39, 0.29) is 25.2 Å². The summed E-state index contributed by atoms with van der Waals surface area (Å²) in [5.41, 5.74) is 0. The van der Waals surface area contributed by atoms with E-state index in [1.165, 1.54) is 57.8 Å². The number of carbonyl (C=O) groups excluding carboxylic acids is 2. The van der Waals surface area contributed by atoms with Gasteiger partial charge in [-0.3, -0.25) is 9.59 Å². The largest absolute Gasteiger partial charge is 0.462 e. The second kappa shape index (κ2) is 48.2. The first-order chi connectivity index (χ1) is 28.6. The van der Waals surface area contributed by atoms with E-state index in [4.69, 9.17) is 14.2 Å². The van der Waals surface area contributed by atoms with Gasteiger partial charge in [-0.2, -0.15) is 0 Å². The summed E-state index contributed by atoms with van der Waals surface area (Å²) in [5, 5.41) is 0. The number of ether oxygens (including phenoxy) is 3. The van der Waals surface area contributed by atoms with Crippen LogP contribution in [0.15, 0.2) is 97.2 Å². The minimum Gasteiger partial charge on any atom is -0.462 e. The Balaban J connectivity index is 4.41. The molecule has 0 amide bonds. The lowest BCUT2D eigenvalue weighted by atomic mass is 10.1. The molecule has 0 saturated carbocycles. The number of rotatable bonds is 42. The molecule has 0 aliphatic carbocycles. The predicted octanol–water partition coefficient (Wildman–Crippen LogP) is 15.9. The van der Waals surface area contributed by atoms with Crippen LogP contribution in [0.2, 0.25) is 0 Å². The van der Waals surface area contributed by atoms with Crippen molar-refractivity contribution in [1.29, 1.82) is 0 Å². The summed E-state index contributed by atoms with van der Waals surface area (Å²) < 4.78 is 17.3. The lowest BCUT2D eigenvalue weighted by Gasteiger charge is -2.18. The Labute approximate surface area is 358 Å². The fraction of sp³-hybridized carbons (Fsp3) is 0.660. The van der Waals surface area contributed by atoms with Gasteiger partial charge in [0.25, 0.3) is 0 Å². The lowest BCUT2D eigenvalue weighted by molar-refractivity contribution is -0.163. The highest BCUT2D eigenvalue weighted by molar-refractivity contribution is 5.70. The molecule has 0 aliphatic heterocycles. The zero-order valence-electron chi connectivity index (χ0n) is 37.8. The summed E-state index contributed by atoms with van der Waals surface area (Å²) >= 11 is 0.